The lowest BCUT2D eigenvalue weighted by molar-refractivity contribution is 0.0223. The topological polar surface area (TPSA) is 81.7 Å². The van der Waals surface area contributed by atoms with Crippen molar-refractivity contribution in [3.05, 3.63) is 63.5 Å². The van der Waals surface area contributed by atoms with E-state index in [1.807, 2.05) is 29.6 Å². The number of hydrogen-bond donors (Lipinski definition) is 2. The molecule has 2 N–H and O–H groups in total. The highest BCUT2D eigenvalue weighted by atomic mass is 35.5. The van der Waals surface area contributed by atoms with Gasteiger partial charge in [0.15, 0.2) is 0 Å². The number of aliphatic hydroxyl groups is 1. The molecule has 2 aromatic heterocycles. The van der Waals surface area contributed by atoms with Crippen LogP contribution in [0.1, 0.15) is 12.7 Å². The van der Waals surface area contributed by atoms with Gasteiger partial charge in [-0.2, -0.15) is 0 Å². The van der Waals surface area contributed by atoms with E-state index >= 15 is 0 Å². The van der Waals surface area contributed by atoms with Gasteiger partial charge in [-0.05, 0) is 24.6 Å². The molecule has 1 aromatic carbocycles. The number of morpholine rings is 1. The first-order valence-corrected chi connectivity index (χ1v) is 12.3. The molecule has 0 amide bonds. The Morgan fingerprint density at radius 1 is 1.36 bits per heavy atom. The van der Waals surface area contributed by atoms with E-state index in [2.05, 4.69) is 21.4 Å². The Bertz CT molecular complexity index is 1150. The number of halogens is 1. The van der Waals surface area contributed by atoms with E-state index in [1.165, 1.54) is 11.3 Å². The second-order valence-corrected chi connectivity index (χ2v) is 9.87. The van der Waals surface area contributed by atoms with Crippen LogP contribution in [0.5, 0.6) is 0 Å². The maximum atomic E-state index is 13.0. The van der Waals surface area contributed by atoms with E-state index in [0.717, 1.165) is 50.5 Å². The molecule has 1 aliphatic rings. The van der Waals surface area contributed by atoms with Gasteiger partial charge in [-0.15, -0.1) is 17.9 Å². The van der Waals surface area contributed by atoms with Gasteiger partial charge in [-0.25, -0.2) is 4.98 Å². The molecule has 1 aliphatic heterocycles. The van der Waals surface area contributed by atoms with Gasteiger partial charge in [-0.3, -0.25) is 14.6 Å². The smallest absolute Gasteiger partial charge is 0.260 e. The molecule has 0 spiro atoms. The molecule has 0 bridgehead atoms. The van der Waals surface area contributed by atoms with Gasteiger partial charge in [0.1, 0.15) is 10.7 Å². The third kappa shape index (κ3) is 6.09. The van der Waals surface area contributed by atoms with Crippen LogP contribution in [-0.4, -0.2) is 76.4 Å². The largest absolute Gasteiger partial charge is 0.385 e. The Kier molecular flexibility index (Phi) is 7.63. The van der Waals surface area contributed by atoms with Crippen LogP contribution in [0.25, 0.3) is 21.3 Å². The molecule has 1 atom stereocenters. The minimum absolute atomic E-state index is 0.162. The van der Waals surface area contributed by atoms with Gasteiger partial charge < -0.3 is 14.8 Å². The number of aromatic nitrogens is 2. The Hall–Kier alpha value is -2.07. The molecule has 0 radical (unpaired) electrons. The van der Waals surface area contributed by atoms with Crippen LogP contribution in [-0.2, 0) is 11.3 Å². The third-order valence-electron chi connectivity index (χ3n) is 5.84. The van der Waals surface area contributed by atoms with Gasteiger partial charge in [0.25, 0.3) is 5.56 Å². The second-order valence-electron chi connectivity index (χ2n) is 8.58. The lowest BCUT2D eigenvalue weighted by atomic mass is 10.1. The summed E-state index contributed by atoms with van der Waals surface area (Å²) < 4.78 is 5.43. The lowest BCUT2D eigenvalue weighted by Crippen LogP contribution is -2.45. The number of fused-ring (bicyclic) bond motifs is 1. The Labute approximate surface area is 202 Å². The molecule has 176 valence electrons. The molecule has 7 nitrogen and oxygen atoms in total. The van der Waals surface area contributed by atoms with Crippen molar-refractivity contribution in [1.29, 1.82) is 0 Å². The van der Waals surface area contributed by atoms with Crippen LogP contribution < -0.4 is 5.56 Å². The first-order chi connectivity index (χ1) is 15.8. The van der Waals surface area contributed by atoms with E-state index in [0.29, 0.717) is 34.2 Å². The fourth-order valence-electron chi connectivity index (χ4n) is 3.96. The van der Waals surface area contributed by atoms with Crippen LogP contribution in [0, 0.1) is 0 Å². The number of ether oxygens (including phenoxy) is 1. The second kappa shape index (κ2) is 10.5. The van der Waals surface area contributed by atoms with Crippen LogP contribution in [0.4, 0.5) is 0 Å². The average molecular weight is 489 g/mol. The lowest BCUT2D eigenvalue weighted by Gasteiger charge is -2.32. The summed E-state index contributed by atoms with van der Waals surface area (Å²) in [6, 6.07) is 7.44. The summed E-state index contributed by atoms with van der Waals surface area (Å²) in [5.74, 6) is 0.582. The average Bonchev–Trinajstić information content (AvgIpc) is 3.23. The zero-order valence-corrected chi connectivity index (χ0v) is 20.3. The number of hydrogen-bond acceptors (Lipinski definition) is 7. The summed E-state index contributed by atoms with van der Waals surface area (Å²) in [7, 11) is 0. The Balaban J connectivity index is 1.56. The Morgan fingerprint density at radius 2 is 2.09 bits per heavy atom. The van der Waals surface area contributed by atoms with Crippen molar-refractivity contribution in [2.45, 2.75) is 19.1 Å². The molecule has 0 saturated carbocycles. The number of nitrogens with zero attached hydrogens (tertiary/aromatic N) is 3. The summed E-state index contributed by atoms with van der Waals surface area (Å²) >= 11 is 7.46. The normalized spacial score (nSPS) is 16.8. The van der Waals surface area contributed by atoms with Gasteiger partial charge in [-0.1, -0.05) is 29.8 Å². The molecule has 1 fully saturated rings. The highest BCUT2D eigenvalue weighted by Crippen LogP contribution is 2.31. The first kappa shape index (κ1) is 24.1. The quantitative estimate of drug-likeness (QED) is 0.449. The molecular formula is C24H29ClN4O3S. The van der Waals surface area contributed by atoms with Crippen LogP contribution >= 0.6 is 22.9 Å². The monoisotopic (exact) mass is 488 g/mol. The van der Waals surface area contributed by atoms with Crippen molar-refractivity contribution >= 4 is 33.2 Å². The summed E-state index contributed by atoms with van der Waals surface area (Å²) in [6.45, 7) is 11.2. The van der Waals surface area contributed by atoms with Crippen molar-refractivity contribution < 1.29 is 9.84 Å². The van der Waals surface area contributed by atoms with E-state index < -0.39 is 5.60 Å². The number of rotatable bonds is 9. The molecule has 4 rings (SSSR count). The molecule has 9 heteroatoms. The SMILES string of the molecule is C=CC(C)(O)CN(CCN1CCOCC1)Cc1nc2scc(-c3ccc(Cl)cc3)c2c(=O)[nH]1. The fourth-order valence-corrected chi connectivity index (χ4v) is 5.05. The summed E-state index contributed by atoms with van der Waals surface area (Å²) in [5, 5.41) is 13.8. The van der Waals surface area contributed by atoms with Gasteiger partial charge in [0.05, 0.1) is 30.7 Å². The van der Waals surface area contributed by atoms with Crippen LogP contribution in [0.3, 0.4) is 0 Å². The maximum absolute atomic E-state index is 13.0. The van der Waals surface area contributed by atoms with Crippen molar-refractivity contribution in [3.63, 3.8) is 0 Å². The summed E-state index contributed by atoms with van der Waals surface area (Å²) in [5.41, 5.74) is 0.579. The predicted molar refractivity (Wildman–Crippen MR) is 134 cm³/mol. The highest BCUT2D eigenvalue weighted by molar-refractivity contribution is 7.17. The maximum Gasteiger partial charge on any atom is 0.260 e. The van der Waals surface area contributed by atoms with Gasteiger partial charge >= 0.3 is 0 Å². The number of benzene rings is 1. The van der Waals surface area contributed by atoms with Crippen LogP contribution in [0.2, 0.25) is 5.02 Å². The van der Waals surface area contributed by atoms with Crippen molar-refractivity contribution in [3.8, 4) is 11.1 Å². The molecule has 3 aromatic rings. The van der Waals surface area contributed by atoms with Gasteiger partial charge in [0, 0.05) is 48.7 Å². The van der Waals surface area contributed by atoms with E-state index in [-0.39, 0.29) is 5.56 Å². The molecular weight excluding hydrogens is 460 g/mol. The molecule has 3 heterocycles. The van der Waals surface area contributed by atoms with E-state index in [9.17, 15) is 9.90 Å². The number of thiophene rings is 1. The van der Waals surface area contributed by atoms with Gasteiger partial charge in [0.2, 0.25) is 0 Å². The summed E-state index contributed by atoms with van der Waals surface area (Å²) in [6.07, 6.45) is 1.55. The number of aromatic amines is 1. The number of H-pyrrole nitrogens is 1. The highest BCUT2D eigenvalue weighted by Gasteiger charge is 2.23. The minimum atomic E-state index is -1.04. The minimum Gasteiger partial charge on any atom is -0.385 e. The predicted octanol–water partition coefficient (Wildman–Crippen LogP) is 3.38. The van der Waals surface area contributed by atoms with Crippen LogP contribution in [0.15, 0.2) is 47.1 Å². The zero-order valence-electron chi connectivity index (χ0n) is 18.7. The molecule has 1 unspecified atom stereocenters. The van der Waals surface area contributed by atoms with E-state index in [1.54, 1.807) is 13.0 Å². The van der Waals surface area contributed by atoms with E-state index in [4.69, 9.17) is 21.3 Å². The molecule has 33 heavy (non-hydrogen) atoms. The summed E-state index contributed by atoms with van der Waals surface area (Å²) in [4.78, 5) is 25.9. The molecule has 1 saturated heterocycles. The Morgan fingerprint density at radius 3 is 2.79 bits per heavy atom. The fraction of sp³-hybridized carbons (Fsp3) is 0.417. The standard InChI is InChI=1S/C24H29ClN4O3S/c1-3-24(2,31)16-29(9-8-28-10-12-32-13-11-28)14-20-26-22(30)21-19(15-33-23(21)27-20)17-4-6-18(25)7-5-17/h3-7,15,31H,1,8-14,16H2,2H3,(H,26,27,30). The molecule has 0 aliphatic carbocycles. The third-order valence-corrected chi connectivity index (χ3v) is 6.97. The zero-order chi connectivity index (χ0) is 23.4. The van der Waals surface area contributed by atoms with Crippen molar-refractivity contribution in [2.75, 3.05) is 45.9 Å². The first-order valence-electron chi connectivity index (χ1n) is 11.0. The van der Waals surface area contributed by atoms with Crippen molar-refractivity contribution in [1.82, 2.24) is 19.8 Å². The number of nitrogens with one attached hydrogen (secondary N) is 1. The van der Waals surface area contributed by atoms with Crippen molar-refractivity contribution in [2.24, 2.45) is 0 Å².